The summed E-state index contributed by atoms with van der Waals surface area (Å²) in [6.07, 6.45) is 13.1. The third kappa shape index (κ3) is 4.92. The van der Waals surface area contributed by atoms with Gasteiger partial charge < -0.3 is 4.90 Å². The van der Waals surface area contributed by atoms with Crippen molar-refractivity contribution in [2.75, 3.05) is 4.90 Å². The zero-order valence-corrected chi connectivity index (χ0v) is 32.5. The Kier molecular flexibility index (Phi) is 7.51. The van der Waals surface area contributed by atoms with Gasteiger partial charge in [-0.15, -0.1) is 0 Å². The maximum Gasteiger partial charge on any atom is 0.0945 e. The Hall–Kier alpha value is -6.87. The number of para-hydroxylation sites is 1. The lowest BCUT2D eigenvalue weighted by molar-refractivity contribution is 0.711. The summed E-state index contributed by atoms with van der Waals surface area (Å²) in [6, 6.07) is 50.0. The highest BCUT2D eigenvalue weighted by Crippen LogP contribution is 2.65. The zero-order chi connectivity index (χ0) is 38.2. The number of fused-ring (bicyclic) bond motifs is 12. The standard InChI is InChI=1S/C50H30N6S2/c1-3-13-44-37(10-1)50(40-16-18-43-49(48(40)57-44)58-45-14-4-2-12-42(45)56(43)36-19-24-51-25-20-36)38-11-7-23-54-46(38)47-39(50)15-17-41(55-47)35-27-33(31-8-5-21-52-29-31)26-34(28-35)32-9-6-22-53-30-32/h1-30H. The van der Waals surface area contributed by atoms with E-state index in [2.05, 4.69) is 147 Å². The van der Waals surface area contributed by atoms with Crippen LogP contribution in [0.15, 0.2) is 202 Å². The van der Waals surface area contributed by atoms with Crippen molar-refractivity contribution < 1.29 is 0 Å². The van der Waals surface area contributed by atoms with E-state index < -0.39 is 5.41 Å². The molecule has 4 aromatic carbocycles. The van der Waals surface area contributed by atoms with E-state index in [0.29, 0.717) is 0 Å². The second kappa shape index (κ2) is 13.1. The number of nitrogens with zero attached hydrogens (tertiary/aromatic N) is 6. The second-order valence-electron chi connectivity index (χ2n) is 14.5. The highest BCUT2D eigenvalue weighted by molar-refractivity contribution is 8.02. The molecular formula is C50H30N6S2. The maximum absolute atomic E-state index is 5.58. The minimum absolute atomic E-state index is 0.631. The molecule has 0 bridgehead atoms. The first kappa shape index (κ1) is 33.3. The van der Waals surface area contributed by atoms with Crippen LogP contribution < -0.4 is 4.90 Å². The first-order valence-electron chi connectivity index (χ1n) is 19.1. The first-order chi connectivity index (χ1) is 28.8. The number of rotatable bonds is 4. The summed E-state index contributed by atoms with van der Waals surface area (Å²) in [5, 5.41) is 0. The molecule has 1 atom stereocenters. The van der Waals surface area contributed by atoms with Crippen LogP contribution in [0.3, 0.4) is 0 Å². The summed E-state index contributed by atoms with van der Waals surface area (Å²) < 4.78 is 0. The van der Waals surface area contributed by atoms with E-state index in [0.717, 1.165) is 67.4 Å². The number of aromatic nitrogens is 5. The van der Waals surface area contributed by atoms with Crippen molar-refractivity contribution in [1.29, 1.82) is 0 Å². The predicted molar refractivity (Wildman–Crippen MR) is 232 cm³/mol. The summed E-state index contributed by atoms with van der Waals surface area (Å²) in [5.41, 5.74) is 15.5. The van der Waals surface area contributed by atoms with E-state index in [1.54, 1.807) is 0 Å². The van der Waals surface area contributed by atoms with Crippen LogP contribution in [-0.4, -0.2) is 24.9 Å². The fourth-order valence-corrected chi connectivity index (χ4v) is 11.6. The molecule has 3 aliphatic rings. The molecule has 272 valence electrons. The molecule has 0 radical (unpaired) electrons. The van der Waals surface area contributed by atoms with Crippen molar-refractivity contribution in [2.24, 2.45) is 0 Å². The molecule has 58 heavy (non-hydrogen) atoms. The van der Waals surface area contributed by atoms with Gasteiger partial charge in [-0.2, -0.15) is 0 Å². The van der Waals surface area contributed by atoms with Crippen molar-refractivity contribution in [3.63, 3.8) is 0 Å². The highest BCUT2D eigenvalue weighted by atomic mass is 32.2. The van der Waals surface area contributed by atoms with Gasteiger partial charge in [0.2, 0.25) is 0 Å². The predicted octanol–water partition coefficient (Wildman–Crippen LogP) is 12.4. The molecule has 1 spiro atoms. The Labute approximate surface area is 343 Å². The highest BCUT2D eigenvalue weighted by Gasteiger charge is 2.52. The van der Waals surface area contributed by atoms with Crippen LogP contribution in [0.4, 0.5) is 17.1 Å². The fraction of sp³-hybridized carbons (Fsp3) is 0.0200. The van der Waals surface area contributed by atoms with Gasteiger partial charge in [0.05, 0.1) is 38.8 Å². The monoisotopic (exact) mass is 778 g/mol. The Balaban J connectivity index is 1.09. The Bertz CT molecular complexity index is 3030. The number of pyridine rings is 5. The van der Waals surface area contributed by atoms with Crippen molar-refractivity contribution in [3.05, 3.63) is 205 Å². The normalized spacial score (nSPS) is 15.5. The molecule has 7 heterocycles. The van der Waals surface area contributed by atoms with E-state index in [1.807, 2.05) is 79.0 Å². The maximum atomic E-state index is 5.58. The minimum atomic E-state index is -0.631. The van der Waals surface area contributed by atoms with E-state index >= 15 is 0 Å². The number of benzene rings is 4. The first-order valence-corrected chi connectivity index (χ1v) is 20.7. The van der Waals surface area contributed by atoms with Gasteiger partial charge in [-0.1, -0.05) is 84.2 Å². The molecule has 8 heteroatoms. The molecule has 1 aliphatic carbocycles. The van der Waals surface area contributed by atoms with Gasteiger partial charge in [-0.05, 0) is 112 Å². The molecule has 6 nitrogen and oxygen atoms in total. The summed E-state index contributed by atoms with van der Waals surface area (Å²) >= 11 is 3.72. The van der Waals surface area contributed by atoms with Gasteiger partial charge in [0.15, 0.2) is 0 Å². The second-order valence-corrected chi connectivity index (χ2v) is 16.6. The summed E-state index contributed by atoms with van der Waals surface area (Å²) in [4.78, 5) is 31.2. The molecule has 0 fully saturated rings. The fourth-order valence-electron chi connectivity index (χ4n) is 8.98. The van der Waals surface area contributed by atoms with E-state index in [-0.39, 0.29) is 0 Å². The van der Waals surface area contributed by atoms with E-state index in [4.69, 9.17) is 9.97 Å². The quantitative estimate of drug-likeness (QED) is 0.175. The third-order valence-corrected chi connectivity index (χ3v) is 13.9. The van der Waals surface area contributed by atoms with Gasteiger partial charge in [-0.25, -0.2) is 4.98 Å². The van der Waals surface area contributed by atoms with E-state index in [1.165, 1.54) is 36.4 Å². The smallest absolute Gasteiger partial charge is 0.0945 e. The van der Waals surface area contributed by atoms with Gasteiger partial charge in [0, 0.05) is 80.4 Å². The van der Waals surface area contributed by atoms with Crippen LogP contribution in [0.5, 0.6) is 0 Å². The summed E-state index contributed by atoms with van der Waals surface area (Å²) in [5.74, 6) is 0. The largest absolute Gasteiger partial charge is 0.308 e. The van der Waals surface area contributed by atoms with Crippen LogP contribution in [0.1, 0.15) is 22.3 Å². The molecule has 0 saturated heterocycles. The third-order valence-electron chi connectivity index (χ3n) is 11.4. The molecule has 1 unspecified atom stereocenters. The minimum Gasteiger partial charge on any atom is -0.308 e. The van der Waals surface area contributed by atoms with Crippen molar-refractivity contribution >= 4 is 40.6 Å². The van der Waals surface area contributed by atoms with Crippen LogP contribution in [0, 0.1) is 0 Å². The average Bonchev–Trinajstić information content (AvgIpc) is 3.59. The SMILES string of the molecule is c1cncc(-c2cc(-c3cccnc3)cc(-c3ccc4c(n3)-c3ncccc3C43c4ccccc4Sc4c3ccc3c4Sc4ccccc4N3c3ccncc3)c2)c1. The van der Waals surface area contributed by atoms with Crippen LogP contribution in [0.2, 0.25) is 0 Å². The Morgan fingerprint density at radius 1 is 0.431 bits per heavy atom. The van der Waals surface area contributed by atoms with Gasteiger partial charge in [0.25, 0.3) is 0 Å². The van der Waals surface area contributed by atoms with Crippen LogP contribution in [0.25, 0.3) is 44.9 Å². The molecule has 0 saturated carbocycles. The zero-order valence-electron chi connectivity index (χ0n) is 30.8. The molecular weight excluding hydrogens is 749 g/mol. The van der Waals surface area contributed by atoms with Crippen LogP contribution in [-0.2, 0) is 5.41 Å². The number of hydrogen-bond donors (Lipinski definition) is 0. The van der Waals surface area contributed by atoms with Crippen LogP contribution >= 0.6 is 23.5 Å². The average molecular weight is 779 g/mol. The topological polar surface area (TPSA) is 67.7 Å². The summed E-state index contributed by atoms with van der Waals surface area (Å²) in [7, 11) is 0. The molecule has 12 rings (SSSR count). The summed E-state index contributed by atoms with van der Waals surface area (Å²) in [6.45, 7) is 0. The number of hydrogen-bond acceptors (Lipinski definition) is 8. The van der Waals surface area contributed by atoms with Crippen molar-refractivity contribution in [2.45, 2.75) is 25.0 Å². The van der Waals surface area contributed by atoms with Gasteiger partial charge in [-0.3, -0.25) is 19.9 Å². The van der Waals surface area contributed by atoms with Gasteiger partial charge >= 0.3 is 0 Å². The van der Waals surface area contributed by atoms with Gasteiger partial charge in [0.1, 0.15) is 0 Å². The van der Waals surface area contributed by atoms with Crippen molar-refractivity contribution in [1.82, 2.24) is 24.9 Å². The Morgan fingerprint density at radius 3 is 1.86 bits per heavy atom. The Morgan fingerprint density at radius 2 is 1.09 bits per heavy atom. The lowest BCUT2D eigenvalue weighted by Gasteiger charge is -2.42. The molecule has 0 N–H and O–H groups in total. The number of anilines is 3. The molecule has 5 aromatic heterocycles. The molecule has 0 amide bonds. The lowest BCUT2D eigenvalue weighted by atomic mass is 9.67. The molecule has 2 aliphatic heterocycles. The lowest BCUT2D eigenvalue weighted by Crippen LogP contribution is -2.32. The molecule has 9 aromatic rings. The van der Waals surface area contributed by atoms with E-state index in [9.17, 15) is 0 Å². The van der Waals surface area contributed by atoms with Crippen molar-refractivity contribution in [3.8, 4) is 44.9 Å².